The monoisotopic (exact) mass is 337 g/mol. The summed E-state index contributed by atoms with van der Waals surface area (Å²) < 4.78 is 0. The number of hydrogen-bond donors (Lipinski definition) is 2. The molecule has 0 fully saturated rings. The summed E-state index contributed by atoms with van der Waals surface area (Å²) in [4.78, 5) is 22.4. The fraction of sp³-hybridized carbons (Fsp3) is 0.533. The molecule has 0 atom stereocenters. The molecule has 0 saturated heterocycles. The summed E-state index contributed by atoms with van der Waals surface area (Å²) in [5, 5.41) is 14.0. The van der Waals surface area contributed by atoms with E-state index in [-0.39, 0.29) is 6.42 Å². The van der Waals surface area contributed by atoms with Crippen molar-refractivity contribution in [3.05, 3.63) is 10.4 Å². The lowest BCUT2D eigenvalue weighted by Gasteiger charge is -2.13. The average molecular weight is 337 g/mol. The van der Waals surface area contributed by atoms with Crippen molar-refractivity contribution in [3.63, 3.8) is 0 Å². The second-order valence-electron chi connectivity index (χ2n) is 5.37. The van der Waals surface area contributed by atoms with Crippen LogP contribution < -0.4 is 5.32 Å². The standard InChI is InChI=1S/C15H19N3O2S2/c1-21-15-17-13(16-8-4-7-11(19)20)12-9-5-2-3-6-10(9)22-14(12)18-15/h2-8H2,1H3,(H,19,20)(H,16,17,18). The van der Waals surface area contributed by atoms with Crippen molar-refractivity contribution in [3.8, 4) is 0 Å². The number of thioether (sulfide) groups is 1. The molecule has 7 heteroatoms. The van der Waals surface area contributed by atoms with Crippen LogP contribution in [0.15, 0.2) is 5.16 Å². The quantitative estimate of drug-likeness (QED) is 0.477. The number of hydrogen-bond acceptors (Lipinski definition) is 6. The number of fused-ring (bicyclic) bond motifs is 3. The molecule has 5 nitrogen and oxygen atoms in total. The van der Waals surface area contributed by atoms with E-state index in [1.54, 1.807) is 11.3 Å². The topological polar surface area (TPSA) is 75.1 Å². The predicted octanol–water partition coefficient (Wildman–Crippen LogP) is 3.57. The Balaban J connectivity index is 1.91. The molecule has 0 aromatic carbocycles. The first-order valence-corrected chi connectivity index (χ1v) is 9.55. The Labute approximate surface area is 137 Å². The lowest BCUT2D eigenvalue weighted by molar-refractivity contribution is -0.137. The molecule has 22 heavy (non-hydrogen) atoms. The Hall–Kier alpha value is -1.34. The highest BCUT2D eigenvalue weighted by Gasteiger charge is 2.20. The minimum absolute atomic E-state index is 0.179. The summed E-state index contributed by atoms with van der Waals surface area (Å²) >= 11 is 3.33. The maximum absolute atomic E-state index is 10.6. The Kier molecular flexibility index (Phi) is 4.83. The largest absolute Gasteiger partial charge is 0.481 e. The average Bonchev–Trinajstić information content (AvgIpc) is 2.89. The molecule has 0 spiro atoms. The van der Waals surface area contributed by atoms with Gasteiger partial charge in [0.2, 0.25) is 0 Å². The van der Waals surface area contributed by atoms with Crippen molar-refractivity contribution < 1.29 is 9.90 Å². The number of nitrogens with zero attached hydrogens (tertiary/aromatic N) is 2. The van der Waals surface area contributed by atoms with E-state index in [0.29, 0.717) is 13.0 Å². The number of rotatable bonds is 6. The third kappa shape index (κ3) is 3.20. The highest BCUT2D eigenvalue weighted by Crippen LogP contribution is 2.39. The summed E-state index contributed by atoms with van der Waals surface area (Å²) in [5.74, 6) is 0.117. The highest BCUT2D eigenvalue weighted by molar-refractivity contribution is 7.98. The number of aryl methyl sites for hydroxylation is 2. The van der Waals surface area contributed by atoms with Crippen molar-refractivity contribution in [2.24, 2.45) is 0 Å². The van der Waals surface area contributed by atoms with Gasteiger partial charge >= 0.3 is 5.97 Å². The Bertz CT molecular complexity index is 700. The van der Waals surface area contributed by atoms with Gasteiger partial charge in [-0.3, -0.25) is 4.79 Å². The van der Waals surface area contributed by atoms with Crippen molar-refractivity contribution in [1.82, 2.24) is 9.97 Å². The number of carboxylic acids is 1. The Morgan fingerprint density at radius 3 is 2.95 bits per heavy atom. The van der Waals surface area contributed by atoms with Crippen LogP contribution in [-0.2, 0) is 17.6 Å². The van der Waals surface area contributed by atoms with Crippen LogP contribution >= 0.6 is 23.1 Å². The highest BCUT2D eigenvalue weighted by atomic mass is 32.2. The molecular formula is C15H19N3O2S2. The van der Waals surface area contributed by atoms with Crippen LogP contribution in [0.2, 0.25) is 0 Å². The number of aromatic nitrogens is 2. The maximum Gasteiger partial charge on any atom is 0.303 e. The van der Waals surface area contributed by atoms with E-state index >= 15 is 0 Å². The van der Waals surface area contributed by atoms with Gasteiger partial charge in [0.1, 0.15) is 10.6 Å². The second-order valence-corrected chi connectivity index (χ2v) is 7.23. The number of carbonyl (C=O) groups is 1. The third-order valence-electron chi connectivity index (χ3n) is 3.84. The van der Waals surface area contributed by atoms with Gasteiger partial charge in [0.15, 0.2) is 5.16 Å². The molecule has 0 saturated carbocycles. The molecule has 1 aliphatic rings. The van der Waals surface area contributed by atoms with Gasteiger partial charge < -0.3 is 10.4 Å². The van der Waals surface area contributed by atoms with Crippen molar-refractivity contribution >= 4 is 45.1 Å². The third-order valence-corrected chi connectivity index (χ3v) is 5.57. The van der Waals surface area contributed by atoms with Crippen molar-refractivity contribution in [2.75, 3.05) is 18.1 Å². The van der Waals surface area contributed by atoms with Crippen molar-refractivity contribution in [2.45, 2.75) is 43.7 Å². The van der Waals surface area contributed by atoms with E-state index in [4.69, 9.17) is 5.11 Å². The Morgan fingerprint density at radius 1 is 1.36 bits per heavy atom. The van der Waals surface area contributed by atoms with Crippen LogP contribution in [0.1, 0.15) is 36.1 Å². The van der Waals surface area contributed by atoms with Gasteiger partial charge in [0, 0.05) is 17.8 Å². The fourth-order valence-corrected chi connectivity index (χ4v) is 4.49. The van der Waals surface area contributed by atoms with Gasteiger partial charge in [-0.05, 0) is 43.9 Å². The van der Waals surface area contributed by atoms with Crippen LogP contribution in [0.25, 0.3) is 10.2 Å². The number of anilines is 1. The summed E-state index contributed by atoms with van der Waals surface area (Å²) in [6, 6.07) is 0. The van der Waals surface area contributed by atoms with Gasteiger partial charge in [-0.1, -0.05) is 11.8 Å². The maximum atomic E-state index is 10.6. The summed E-state index contributed by atoms with van der Waals surface area (Å²) in [6.45, 7) is 0.622. The molecule has 2 aromatic heterocycles. The minimum atomic E-state index is -0.757. The molecule has 118 valence electrons. The first kappa shape index (κ1) is 15.6. The first-order chi connectivity index (χ1) is 10.7. The Morgan fingerprint density at radius 2 is 2.18 bits per heavy atom. The number of thiophene rings is 1. The van der Waals surface area contributed by atoms with Gasteiger partial charge in [-0.2, -0.15) is 0 Å². The van der Waals surface area contributed by atoms with E-state index in [1.807, 2.05) is 6.26 Å². The summed E-state index contributed by atoms with van der Waals surface area (Å²) in [7, 11) is 0. The zero-order chi connectivity index (χ0) is 15.5. The molecule has 2 N–H and O–H groups in total. The van der Waals surface area contributed by atoms with Gasteiger partial charge in [0.25, 0.3) is 0 Å². The van der Waals surface area contributed by atoms with Gasteiger partial charge in [0.05, 0.1) is 5.39 Å². The van der Waals surface area contributed by atoms with E-state index in [9.17, 15) is 4.79 Å². The van der Waals surface area contributed by atoms with E-state index in [2.05, 4.69) is 15.3 Å². The number of carboxylic acid groups (broad SMARTS) is 1. The SMILES string of the molecule is CSc1nc(NCCCC(=O)O)c2c3c(sc2n1)CCCC3. The number of aliphatic carboxylic acids is 1. The van der Waals surface area contributed by atoms with Crippen LogP contribution in [0.3, 0.4) is 0 Å². The van der Waals surface area contributed by atoms with E-state index < -0.39 is 5.97 Å². The molecule has 0 bridgehead atoms. The van der Waals surface area contributed by atoms with E-state index in [1.165, 1.54) is 35.0 Å². The molecule has 0 radical (unpaired) electrons. The zero-order valence-corrected chi connectivity index (χ0v) is 14.1. The predicted molar refractivity (Wildman–Crippen MR) is 91.2 cm³/mol. The molecule has 2 heterocycles. The van der Waals surface area contributed by atoms with Crippen LogP contribution in [0, 0.1) is 0 Å². The van der Waals surface area contributed by atoms with Gasteiger partial charge in [-0.15, -0.1) is 11.3 Å². The molecule has 0 unspecified atom stereocenters. The van der Waals surface area contributed by atoms with Crippen molar-refractivity contribution in [1.29, 1.82) is 0 Å². The molecule has 1 aliphatic carbocycles. The molecule has 0 amide bonds. The second kappa shape index (κ2) is 6.83. The van der Waals surface area contributed by atoms with Crippen LogP contribution in [0.5, 0.6) is 0 Å². The molecule has 3 rings (SSSR count). The van der Waals surface area contributed by atoms with Crippen LogP contribution in [-0.4, -0.2) is 33.8 Å². The van der Waals surface area contributed by atoms with Gasteiger partial charge in [-0.25, -0.2) is 9.97 Å². The lowest BCUT2D eigenvalue weighted by Crippen LogP contribution is -2.08. The van der Waals surface area contributed by atoms with E-state index in [0.717, 1.165) is 34.0 Å². The molecule has 0 aliphatic heterocycles. The first-order valence-electron chi connectivity index (χ1n) is 7.51. The summed E-state index contributed by atoms with van der Waals surface area (Å²) in [5.41, 5.74) is 1.40. The number of nitrogens with one attached hydrogen (secondary N) is 1. The summed E-state index contributed by atoms with van der Waals surface area (Å²) in [6.07, 6.45) is 7.47. The molecular weight excluding hydrogens is 318 g/mol. The fourth-order valence-electron chi connectivity index (χ4n) is 2.80. The normalized spacial score (nSPS) is 14.0. The zero-order valence-electron chi connectivity index (χ0n) is 12.5. The van der Waals surface area contributed by atoms with Crippen LogP contribution in [0.4, 0.5) is 5.82 Å². The smallest absolute Gasteiger partial charge is 0.303 e. The lowest BCUT2D eigenvalue weighted by atomic mass is 9.97. The molecule has 2 aromatic rings. The minimum Gasteiger partial charge on any atom is -0.481 e.